The van der Waals surface area contributed by atoms with Crippen molar-refractivity contribution in [3.8, 4) is 17.0 Å². The van der Waals surface area contributed by atoms with Gasteiger partial charge in [0.1, 0.15) is 0 Å². The first-order valence-corrected chi connectivity index (χ1v) is 11.2. The third-order valence-electron chi connectivity index (χ3n) is 6.20. The van der Waals surface area contributed by atoms with E-state index in [1.807, 2.05) is 48.3 Å². The highest BCUT2D eigenvalue weighted by Crippen LogP contribution is 2.26. The lowest BCUT2D eigenvalue weighted by Gasteiger charge is -2.34. The number of pyridine rings is 1. The fraction of sp³-hybridized carbons (Fsp3) is 0.360. The smallest absolute Gasteiger partial charge is 0.324 e. The first kappa shape index (κ1) is 22.5. The van der Waals surface area contributed by atoms with Crippen LogP contribution in [-0.2, 0) is 6.54 Å². The van der Waals surface area contributed by atoms with Gasteiger partial charge in [-0.15, -0.1) is 0 Å². The van der Waals surface area contributed by atoms with Gasteiger partial charge in [-0.2, -0.15) is 5.10 Å². The van der Waals surface area contributed by atoms with Crippen LogP contribution in [0.1, 0.15) is 30.1 Å². The first-order valence-electron chi connectivity index (χ1n) is 11.2. The molecule has 3 aromatic rings. The summed E-state index contributed by atoms with van der Waals surface area (Å²) < 4.78 is 6.95. The highest BCUT2D eigenvalue weighted by Gasteiger charge is 2.29. The number of carbonyl (C=O) groups excluding carboxylic acids is 2. The number of amides is 2. The number of nitrogens with zero attached hydrogens (tertiary/aromatic N) is 5. The van der Waals surface area contributed by atoms with Gasteiger partial charge in [-0.3, -0.25) is 14.4 Å². The van der Waals surface area contributed by atoms with Gasteiger partial charge >= 0.3 is 6.03 Å². The van der Waals surface area contributed by atoms with E-state index in [1.54, 1.807) is 42.3 Å². The number of likely N-dealkylation sites (tertiary alicyclic amines) is 1. The highest BCUT2D eigenvalue weighted by atomic mass is 16.5. The summed E-state index contributed by atoms with van der Waals surface area (Å²) in [7, 11) is 3.29. The monoisotopic (exact) mass is 447 g/mol. The molecule has 0 saturated carbocycles. The summed E-state index contributed by atoms with van der Waals surface area (Å²) in [6, 6.07) is 11.2. The van der Waals surface area contributed by atoms with Crippen molar-refractivity contribution in [3.63, 3.8) is 0 Å². The number of hydrogen-bond donors (Lipinski definition) is 0. The number of benzene rings is 1. The number of aryl methyl sites for hydroxylation is 1. The quantitative estimate of drug-likeness (QED) is 0.531. The van der Waals surface area contributed by atoms with Gasteiger partial charge in [0.15, 0.2) is 5.78 Å². The molecule has 2 amide bonds. The van der Waals surface area contributed by atoms with E-state index in [4.69, 9.17) is 4.74 Å². The molecule has 1 aliphatic rings. The number of carbonyl (C=O) groups is 2. The largest absolute Gasteiger partial charge is 0.481 e. The van der Waals surface area contributed by atoms with Crippen LogP contribution in [0.2, 0.25) is 0 Å². The molecule has 4 rings (SSSR count). The van der Waals surface area contributed by atoms with E-state index in [2.05, 4.69) is 10.1 Å². The van der Waals surface area contributed by atoms with E-state index in [9.17, 15) is 9.59 Å². The summed E-state index contributed by atoms with van der Waals surface area (Å²) in [5.41, 5.74) is 3.50. The van der Waals surface area contributed by atoms with E-state index in [1.165, 1.54) is 0 Å². The molecule has 1 aliphatic heterocycles. The molecule has 0 bridgehead atoms. The Bertz CT molecular complexity index is 1100. The Morgan fingerprint density at radius 1 is 1.06 bits per heavy atom. The van der Waals surface area contributed by atoms with E-state index in [-0.39, 0.29) is 17.7 Å². The second-order valence-electron chi connectivity index (χ2n) is 8.19. The Morgan fingerprint density at radius 2 is 1.79 bits per heavy atom. The summed E-state index contributed by atoms with van der Waals surface area (Å²) in [6.45, 7) is 3.98. The number of ketones is 1. The molecule has 1 saturated heterocycles. The van der Waals surface area contributed by atoms with E-state index in [0.29, 0.717) is 43.1 Å². The van der Waals surface area contributed by atoms with E-state index >= 15 is 0 Å². The Labute approximate surface area is 193 Å². The van der Waals surface area contributed by atoms with Gasteiger partial charge < -0.3 is 9.64 Å². The van der Waals surface area contributed by atoms with Crippen LogP contribution in [0, 0.1) is 5.92 Å². The van der Waals surface area contributed by atoms with Crippen molar-refractivity contribution in [2.24, 2.45) is 5.92 Å². The molecule has 0 spiro atoms. The second kappa shape index (κ2) is 9.85. The maximum Gasteiger partial charge on any atom is 0.324 e. The molecule has 0 N–H and O–H groups in total. The lowest BCUT2D eigenvalue weighted by Crippen LogP contribution is -2.46. The minimum atomic E-state index is -0.0927. The number of urea groups is 1. The van der Waals surface area contributed by atoms with Crippen molar-refractivity contribution >= 4 is 17.5 Å². The Hall–Kier alpha value is -3.68. The average molecular weight is 448 g/mol. The zero-order chi connectivity index (χ0) is 23.4. The summed E-state index contributed by atoms with van der Waals surface area (Å²) >= 11 is 0. The van der Waals surface area contributed by atoms with Gasteiger partial charge in [0.2, 0.25) is 5.88 Å². The lowest BCUT2D eigenvalue weighted by molar-refractivity contribution is 0.0857. The molecule has 8 heteroatoms. The lowest BCUT2D eigenvalue weighted by atomic mass is 9.88. The number of piperidine rings is 1. The minimum Gasteiger partial charge on any atom is -0.481 e. The van der Waals surface area contributed by atoms with Crippen LogP contribution in [0.3, 0.4) is 0 Å². The van der Waals surface area contributed by atoms with Gasteiger partial charge in [-0.1, -0.05) is 24.3 Å². The molecular weight excluding hydrogens is 418 g/mol. The van der Waals surface area contributed by atoms with Crippen molar-refractivity contribution < 1.29 is 14.3 Å². The summed E-state index contributed by atoms with van der Waals surface area (Å²) in [5, 5.41) is 4.31. The number of ether oxygens (including phenoxy) is 1. The summed E-state index contributed by atoms with van der Waals surface area (Å²) in [6.07, 6.45) is 6.77. The normalized spacial score (nSPS) is 14.2. The van der Waals surface area contributed by atoms with Gasteiger partial charge in [0.25, 0.3) is 0 Å². The van der Waals surface area contributed by atoms with Crippen molar-refractivity contribution in [1.82, 2.24) is 19.7 Å². The summed E-state index contributed by atoms with van der Waals surface area (Å²) in [5.74, 6) is 0.573. The van der Waals surface area contributed by atoms with Crippen LogP contribution in [0.25, 0.3) is 11.1 Å². The third-order valence-corrected chi connectivity index (χ3v) is 6.20. The number of methoxy groups -OCH3 is 1. The van der Waals surface area contributed by atoms with Crippen LogP contribution in [0.15, 0.2) is 55.0 Å². The average Bonchev–Trinajstić information content (AvgIpc) is 3.37. The van der Waals surface area contributed by atoms with Gasteiger partial charge in [0.05, 0.1) is 25.2 Å². The summed E-state index contributed by atoms with van der Waals surface area (Å²) in [4.78, 5) is 33.5. The molecule has 0 atom stereocenters. The number of anilines is 1. The fourth-order valence-electron chi connectivity index (χ4n) is 4.10. The molecule has 172 valence electrons. The number of Topliss-reactive ketones (excluding diaryl/α,β-unsaturated/α-hetero) is 1. The van der Waals surface area contributed by atoms with Crippen molar-refractivity contribution in [3.05, 3.63) is 60.6 Å². The molecule has 0 radical (unpaired) electrons. The SMILES string of the molecule is CCn1cc(-c2ccc(C(=O)C3CCN(C(=O)N(C)c4ccc(OC)nc4)CC3)cc2)cn1. The van der Waals surface area contributed by atoms with Crippen molar-refractivity contribution in [1.29, 1.82) is 0 Å². The molecule has 0 aliphatic carbocycles. The van der Waals surface area contributed by atoms with Crippen LogP contribution in [0.4, 0.5) is 10.5 Å². The highest BCUT2D eigenvalue weighted by molar-refractivity contribution is 5.98. The van der Waals surface area contributed by atoms with Crippen LogP contribution >= 0.6 is 0 Å². The maximum atomic E-state index is 13.0. The number of rotatable bonds is 6. The second-order valence-corrected chi connectivity index (χ2v) is 8.19. The standard InChI is InChI=1S/C25H29N5O3/c1-4-30-17-21(15-27-30)18-5-7-19(8-6-18)24(31)20-11-13-29(14-12-20)25(32)28(2)22-9-10-23(33-3)26-16-22/h5-10,15-17,20H,4,11-14H2,1-3H3. The topological polar surface area (TPSA) is 80.6 Å². The van der Waals surface area contributed by atoms with Crippen LogP contribution in [-0.4, -0.2) is 58.7 Å². The third kappa shape index (κ3) is 4.89. The molecule has 0 unspecified atom stereocenters. The number of aromatic nitrogens is 3. The zero-order valence-corrected chi connectivity index (χ0v) is 19.3. The maximum absolute atomic E-state index is 13.0. The fourth-order valence-corrected chi connectivity index (χ4v) is 4.10. The number of hydrogen-bond acceptors (Lipinski definition) is 5. The van der Waals surface area contributed by atoms with Crippen LogP contribution < -0.4 is 9.64 Å². The first-order chi connectivity index (χ1) is 16.0. The Morgan fingerprint density at radius 3 is 2.36 bits per heavy atom. The molecule has 8 nitrogen and oxygen atoms in total. The van der Waals surface area contributed by atoms with Crippen LogP contribution in [0.5, 0.6) is 5.88 Å². The predicted molar refractivity (Wildman–Crippen MR) is 127 cm³/mol. The van der Waals surface area contributed by atoms with E-state index in [0.717, 1.165) is 17.7 Å². The molecule has 1 aromatic carbocycles. The van der Waals surface area contributed by atoms with Crippen molar-refractivity contribution in [2.45, 2.75) is 26.3 Å². The predicted octanol–water partition coefficient (Wildman–Crippen LogP) is 4.12. The van der Waals surface area contributed by atoms with Gasteiger partial charge in [-0.25, -0.2) is 9.78 Å². The molecule has 33 heavy (non-hydrogen) atoms. The van der Waals surface area contributed by atoms with Gasteiger partial charge in [-0.05, 0) is 31.4 Å². The van der Waals surface area contributed by atoms with Gasteiger partial charge in [0, 0.05) is 56.0 Å². The Balaban J connectivity index is 1.34. The molecule has 2 aromatic heterocycles. The molecule has 3 heterocycles. The molecule has 1 fully saturated rings. The zero-order valence-electron chi connectivity index (χ0n) is 19.3. The minimum absolute atomic E-state index is 0.0734. The van der Waals surface area contributed by atoms with Crippen molar-refractivity contribution in [2.75, 3.05) is 32.1 Å². The van der Waals surface area contributed by atoms with E-state index < -0.39 is 0 Å². The molecular formula is C25H29N5O3. The Kier molecular flexibility index (Phi) is 6.72.